The van der Waals surface area contributed by atoms with Crippen molar-refractivity contribution >= 4 is 23.4 Å². The van der Waals surface area contributed by atoms with Gasteiger partial charge in [-0.2, -0.15) is 5.26 Å². The molecule has 134 valence electrons. The van der Waals surface area contributed by atoms with E-state index in [0.29, 0.717) is 17.2 Å². The van der Waals surface area contributed by atoms with E-state index in [9.17, 15) is 4.79 Å². The molecule has 0 aliphatic carbocycles. The molecule has 1 atom stereocenters. The van der Waals surface area contributed by atoms with Gasteiger partial charge in [-0.1, -0.05) is 30.3 Å². The number of amides is 1. The standard InChI is InChI=1S/C21H23N3OS/c22-12-17-6-8-18(9-7-17)15-26-16-21(25)23-13-19-10-11-24(14-19)20-4-2-1-3-5-20/h1-9,19H,10-11,13-16H2,(H,23,25). The van der Waals surface area contributed by atoms with Gasteiger partial charge < -0.3 is 10.2 Å². The zero-order chi connectivity index (χ0) is 18.2. The molecule has 3 rings (SSSR count). The molecule has 5 heteroatoms. The molecule has 4 nitrogen and oxygen atoms in total. The SMILES string of the molecule is N#Cc1ccc(CSCC(=O)NCC2CCN(c3ccccc3)C2)cc1. The van der Waals surface area contributed by atoms with Crippen LogP contribution in [0.25, 0.3) is 0 Å². The molecule has 1 saturated heterocycles. The van der Waals surface area contributed by atoms with E-state index in [4.69, 9.17) is 5.26 Å². The molecule has 1 unspecified atom stereocenters. The zero-order valence-electron chi connectivity index (χ0n) is 14.7. The van der Waals surface area contributed by atoms with Crippen LogP contribution in [0.2, 0.25) is 0 Å². The first-order chi connectivity index (χ1) is 12.7. The van der Waals surface area contributed by atoms with Gasteiger partial charge >= 0.3 is 0 Å². The molecule has 0 spiro atoms. The number of carbonyl (C=O) groups excluding carboxylic acids is 1. The number of rotatable bonds is 7. The summed E-state index contributed by atoms with van der Waals surface area (Å²) in [6.07, 6.45) is 1.12. The predicted molar refractivity (Wildman–Crippen MR) is 107 cm³/mol. The van der Waals surface area contributed by atoms with Gasteiger partial charge in [-0.05, 0) is 42.2 Å². The smallest absolute Gasteiger partial charge is 0.230 e. The summed E-state index contributed by atoms with van der Waals surface area (Å²) >= 11 is 1.60. The highest BCUT2D eigenvalue weighted by atomic mass is 32.2. The van der Waals surface area contributed by atoms with Gasteiger partial charge in [-0.25, -0.2) is 0 Å². The van der Waals surface area contributed by atoms with E-state index in [0.717, 1.165) is 37.4 Å². The summed E-state index contributed by atoms with van der Waals surface area (Å²) in [6, 6.07) is 20.1. The van der Waals surface area contributed by atoms with Crippen LogP contribution < -0.4 is 10.2 Å². The second kappa shape index (κ2) is 9.30. The molecule has 26 heavy (non-hydrogen) atoms. The van der Waals surface area contributed by atoms with E-state index in [1.165, 1.54) is 5.69 Å². The molecule has 0 saturated carbocycles. The van der Waals surface area contributed by atoms with Crippen LogP contribution in [0.1, 0.15) is 17.5 Å². The van der Waals surface area contributed by atoms with E-state index >= 15 is 0 Å². The summed E-state index contributed by atoms with van der Waals surface area (Å²) in [7, 11) is 0. The summed E-state index contributed by atoms with van der Waals surface area (Å²) in [4.78, 5) is 14.4. The Morgan fingerprint density at radius 1 is 1.19 bits per heavy atom. The highest BCUT2D eigenvalue weighted by Crippen LogP contribution is 2.23. The van der Waals surface area contributed by atoms with E-state index in [1.54, 1.807) is 11.8 Å². The number of anilines is 1. The van der Waals surface area contributed by atoms with Crippen LogP contribution in [0.5, 0.6) is 0 Å². The lowest BCUT2D eigenvalue weighted by Gasteiger charge is -2.18. The number of benzene rings is 2. The van der Waals surface area contributed by atoms with Crippen LogP contribution in [0.4, 0.5) is 5.69 Å². The minimum Gasteiger partial charge on any atom is -0.371 e. The molecule has 1 heterocycles. The summed E-state index contributed by atoms with van der Waals surface area (Å²) in [6.45, 7) is 2.81. The lowest BCUT2D eigenvalue weighted by atomic mass is 10.1. The van der Waals surface area contributed by atoms with Crippen LogP contribution in [-0.4, -0.2) is 31.3 Å². The van der Waals surface area contributed by atoms with Crippen molar-refractivity contribution in [2.24, 2.45) is 5.92 Å². The molecule has 1 aliphatic rings. The van der Waals surface area contributed by atoms with E-state index < -0.39 is 0 Å². The largest absolute Gasteiger partial charge is 0.371 e. The summed E-state index contributed by atoms with van der Waals surface area (Å²) < 4.78 is 0. The maximum Gasteiger partial charge on any atom is 0.230 e. The molecule has 0 bridgehead atoms. The van der Waals surface area contributed by atoms with Crippen LogP contribution in [-0.2, 0) is 10.5 Å². The lowest BCUT2D eigenvalue weighted by Crippen LogP contribution is -2.32. The fraction of sp³-hybridized carbons (Fsp3) is 0.333. The maximum absolute atomic E-state index is 12.1. The number of carbonyl (C=O) groups is 1. The van der Waals surface area contributed by atoms with Gasteiger partial charge in [0.05, 0.1) is 17.4 Å². The fourth-order valence-corrected chi connectivity index (χ4v) is 3.94. The van der Waals surface area contributed by atoms with Crippen LogP contribution >= 0.6 is 11.8 Å². The molecule has 0 radical (unpaired) electrons. The van der Waals surface area contributed by atoms with Crippen molar-refractivity contribution in [1.29, 1.82) is 5.26 Å². The van der Waals surface area contributed by atoms with E-state index in [1.807, 2.05) is 30.3 Å². The first kappa shape index (κ1) is 18.3. The maximum atomic E-state index is 12.1. The molecule has 1 fully saturated rings. The van der Waals surface area contributed by atoms with Crippen LogP contribution in [0, 0.1) is 17.2 Å². The van der Waals surface area contributed by atoms with Crippen molar-refractivity contribution in [3.05, 3.63) is 65.7 Å². The van der Waals surface area contributed by atoms with Gasteiger partial charge in [0, 0.05) is 31.1 Å². The second-order valence-corrected chi connectivity index (χ2v) is 7.53. The Hall–Kier alpha value is -2.45. The van der Waals surface area contributed by atoms with Crippen molar-refractivity contribution in [3.8, 4) is 6.07 Å². The molecule has 2 aromatic carbocycles. The van der Waals surface area contributed by atoms with Gasteiger partial charge in [0.15, 0.2) is 0 Å². The Morgan fingerprint density at radius 3 is 2.69 bits per heavy atom. The summed E-state index contributed by atoms with van der Waals surface area (Å²) in [5, 5.41) is 11.9. The van der Waals surface area contributed by atoms with Gasteiger partial charge in [0.25, 0.3) is 0 Å². The third-order valence-electron chi connectivity index (χ3n) is 4.58. The third kappa shape index (κ3) is 5.27. The minimum absolute atomic E-state index is 0.0989. The quantitative estimate of drug-likeness (QED) is 0.817. The van der Waals surface area contributed by atoms with Gasteiger partial charge in [0.1, 0.15) is 0 Å². The number of thioether (sulfide) groups is 1. The summed E-state index contributed by atoms with van der Waals surface area (Å²) in [5.41, 5.74) is 3.06. The van der Waals surface area contributed by atoms with E-state index in [-0.39, 0.29) is 5.91 Å². The Labute approximate surface area is 159 Å². The average molecular weight is 366 g/mol. The highest BCUT2D eigenvalue weighted by Gasteiger charge is 2.22. The number of para-hydroxylation sites is 1. The number of nitrogens with one attached hydrogen (secondary N) is 1. The predicted octanol–water partition coefficient (Wildman–Crippen LogP) is 3.43. The van der Waals surface area contributed by atoms with Crippen molar-refractivity contribution in [1.82, 2.24) is 5.32 Å². The summed E-state index contributed by atoms with van der Waals surface area (Å²) in [5.74, 6) is 1.86. The number of nitrogens with zero attached hydrogens (tertiary/aromatic N) is 2. The Kier molecular flexibility index (Phi) is 6.56. The number of hydrogen-bond donors (Lipinski definition) is 1. The topological polar surface area (TPSA) is 56.1 Å². The molecule has 2 aromatic rings. The lowest BCUT2D eigenvalue weighted by molar-refractivity contribution is -0.118. The van der Waals surface area contributed by atoms with Gasteiger partial charge in [-0.3, -0.25) is 4.79 Å². The first-order valence-corrected chi connectivity index (χ1v) is 10.0. The minimum atomic E-state index is 0.0989. The average Bonchev–Trinajstić information content (AvgIpc) is 3.17. The Morgan fingerprint density at radius 2 is 1.96 bits per heavy atom. The van der Waals surface area contributed by atoms with Gasteiger partial charge in [-0.15, -0.1) is 11.8 Å². The Balaban J connectivity index is 1.33. The molecule has 0 aromatic heterocycles. The monoisotopic (exact) mass is 365 g/mol. The normalized spacial score (nSPS) is 16.3. The second-order valence-electron chi connectivity index (χ2n) is 6.54. The molecule has 1 amide bonds. The molecule has 1 aliphatic heterocycles. The van der Waals surface area contributed by atoms with Gasteiger partial charge in [0.2, 0.25) is 5.91 Å². The van der Waals surface area contributed by atoms with Crippen LogP contribution in [0.3, 0.4) is 0 Å². The zero-order valence-corrected chi connectivity index (χ0v) is 15.5. The van der Waals surface area contributed by atoms with Crippen LogP contribution in [0.15, 0.2) is 54.6 Å². The molecular weight excluding hydrogens is 342 g/mol. The number of hydrogen-bond acceptors (Lipinski definition) is 4. The molecular formula is C21H23N3OS. The number of nitriles is 1. The molecule has 1 N–H and O–H groups in total. The van der Waals surface area contributed by atoms with Crippen molar-refractivity contribution in [2.45, 2.75) is 12.2 Å². The van der Waals surface area contributed by atoms with Crippen molar-refractivity contribution < 1.29 is 4.79 Å². The van der Waals surface area contributed by atoms with E-state index in [2.05, 4.69) is 40.6 Å². The first-order valence-electron chi connectivity index (χ1n) is 8.88. The van der Waals surface area contributed by atoms with Crippen molar-refractivity contribution in [3.63, 3.8) is 0 Å². The highest BCUT2D eigenvalue weighted by molar-refractivity contribution is 7.99. The fourth-order valence-electron chi connectivity index (χ4n) is 3.12. The van der Waals surface area contributed by atoms with Crippen molar-refractivity contribution in [2.75, 3.05) is 30.3 Å². The Bertz CT molecular complexity index is 755. The third-order valence-corrected chi connectivity index (χ3v) is 5.58.